The van der Waals surface area contributed by atoms with Crippen LogP contribution >= 0.6 is 12.4 Å². The summed E-state index contributed by atoms with van der Waals surface area (Å²) in [7, 11) is 1.67. The second-order valence-electron chi connectivity index (χ2n) is 3.84. The fourth-order valence-corrected chi connectivity index (χ4v) is 1.81. The Morgan fingerprint density at radius 2 is 2.06 bits per heavy atom. The van der Waals surface area contributed by atoms with Crippen LogP contribution < -0.4 is 10.5 Å². The first-order valence-electron chi connectivity index (χ1n) is 5.47. The summed E-state index contributed by atoms with van der Waals surface area (Å²) in [5.41, 5.74) is 7.93. The van der Waals surface area contributed by atoms with E-state index in [0.29, 0.717) is 5.82 Å². The number of nitrogen functional groups attached to an aromatic ring is 1. The van der Waals surface area contributed by atoms with Crippen molar-refractivity contribution in [3.05, 3.63) is 29.8 Å². The molecule has 3 nitrogen and oxygen atoms in total. The Hall–Kier alpha value is -1.48. The van der Waals surface area contributed by atoms with Crippen LogP contribution in [0.5, 0.6) is 5.75 Å². The molecule has 0 saturated carbocycles. The van der Waals surface area contributed by atoms with Crippen molar-refractivity contribution < 1.29 is 4.74 Å². The number of benzene rings is 1. The first kappa shape index (κ1) is 13.6. The maximum atomic E-state index is 5.90. The summed E-state index contributed by atoms with van der Waals surface area (Å²) in [6.45, 7) is 2.13. The quantitative estimate of drug-likeness (QED) is 0.913. The first-order chi connectivity index (χ1) is 7.74. The van der Waals surface area contributed by atoms with Gasteiger partial charge in [0.25, 0.3) is 0 Å². The van der Waals surface area contributed by atoms with E-state index in [0.717, 1.165) is 35.1 Å². The summed E-state index contributed by atoms with van der Waals surface area (Å²) in [5, 5.41) is 1.08. The van der Waals surface area contributed by atoms with Crippen molar-refractivity contribution in [3.63, 3.8) is 0 Å². The van der Waals surface area contributed by atoms with E-state index >= 15 is 0 Å². The van der Waals surface area contributed by atoms with E-state index in [-0.39, 0.29) is 12.4 Å². The molecule has 0 unspecified atom stereocenters. The van der Waals surface area contributed by atoms with Crippen molar-refractivity contribution in [2.75, 3.05) is 12.8 Å². The topological polar surface area (TPSA) is 48.1 Å². The van der Waals surface area contributed by atoms with Crippen LogP contribution in [0.1, 0.15) is 18.9 Å². The Balaban J connectivity index is 0.00000144. The molecular formula is C13H17ClN2O. The standard InChI is InChI=1S/C13H16N2O.ClH/c1-3-4-9-7-10-8-11(16-2)5-6-12(10)15-13(9)14;/h5-8H,3-4H2,1-2H3,(H2,14,15);1H. The fraction of sp³-hybridized carbons (Fsp3) is 0.308. The number of halogens is 1. The highest BCUT2D eigenvalue weighted by atomic mass is 35.5. The molecule has 92 valence electrons. The highest BCUT2D eigenvalue weighted by molar-refractivity contribution is 5.85. The number of nitrogens with zero attached hydrogens (tertiary/aromatic N) is 1. The zero-order valence-corrected chi connectivity index (χ0v) is 10.9. The minimum atomic E-state index is 0. The summed E-state index contributed by atoms with van der Waals surface area (Å²) < 4.78 is 5.19. The number of aromatic nitrogens is 1. The molecule has 2 aromatic rings. The molecule has 17 heavy (non-hydrogen) atoms. The van der Waals surface area contributed by atoms with Gasteiger partial charge in [0, 0.05) is 5.39 Å². The minimum absolute atomic E-state index is 0. The molecule has 2 N–H and O–H groups in total. The van der Waals surface area contributed by atoms with Gasteiger partial charge < -0.3 is 10.5 Å². The summed E-state index contributed by atoms with van der Waals surface area (Å²) >= 11 is 0. The number of nitrogens with two attached hydrogens (primary N) is 1. The van der Waals surface area contributed by atoms with Crippen LogP contribution in [-0.4, -0.2) is 12.1 Å². The van der Waals surface area contributed by atoms with Gasteiger partial charge in [-0.3, -0.25) is 0 Å². The average Bonchev–Trinajstić information content (AvgIpc) is 2.30. The number of methoxy groups -OCH3 is 1. The number of anilines is 1. The van der Waals surface area contributed by atoms with Gasteiger partial charge in [-0.25, -0.2) is 4.98 Å². The minimum Gasteiger partial charge on any atom is -0.497 e. The Labute approximate surface area is 107 Å². The molecule has 1 aromatic carbocycles. The summed E-state index contributed by atoms with van der Waals surface area (Å²) in [4.78, 5) is 4.39. The molecule has 0 radical (unpaired) electrons. The number of fused-ring (bicyclic) bond motifs is 1. The lowest BCUT2D eigenvalue weighted by atomic mass is 10.1. The zero-order valence-electron chi connectivity index (χ0n) is 10.1. The van der Waals surface area contributed by atoms with Crippen LogP contribution in [0.4, 0.5) is 5.82 Å². The molecular weight excluding hydrogens is 236 g/mol. The molecule has 0 aliphatic rings. The third kappa shape index (κ3) is 2.80. The van der Waals surface area contributed by atoms with E-state index in [2.05, 4.69) is 18.0 Å². The highest BCUT2D eigenvalue weighted by Gasteiger charge is 2.04. The zero-order chi connectivity index (χ0) is 11.5. The lowest BCUT2D eigenvalue weighted by Gasteiger charge is -2.07. The van der Waals surface area contributed by atoms with Gasteiger partial charge in [0.2, 0.25) is 0 Å². The van der Waals surface area contributed by atoms with Crippen molar-refractivity contribution in [2.24, 2.45) is 0 Å². The monoisotopic (exact) mass is 252 g/mol. The SMILES string of the molecule is CCCc1cc2cc(OC)ccc2nc1N.Cl. The molecule has 0 bridgehead atoms. The van der Waals surface area contributed by atoms with Crippen LogP contribution in [0.3, 0.4) is 0 Å². The summed E-state index contributed by atoms with van der Waals surface area (Å²) in [6, 6.07) is 7.92. The maximum Gasteiger partial charge on any atom is 0.127 e. The van der Waals surface area contributed by atoms with Gasteiger partial charge >= 0.3 is 0 Å². The van der Waals surface area contributed by atoms with Crippen LogP contribution in [0.25, 0.3) is 10.9 Å². The maximum absolute atomic E-state index is 5.90. The Morgan fingerprint density at radius 1 is 1.29 bits per heavy atom. The molecule has 0 amide bonds. The fourth-order valence-electron chi connectivity index (χ4n) is 1.81. The third-order valence-electron chi connectivity index (χ3n) is 2.65. The number of hydrogen-bond acceptors (Lipinski definition) is 3. The van der Waals surface area contributed by atoms with Gasteiger partial charge in [0.05, 0.1) is 12.6 Å². The molecule has 0 fully saturated rings. The lowest BCUT2D eigenvalue weighted by molar-refractivity contribution is 0.415. The van der Waals surface area contributed by atoms with E-state index < -0.39 is 0 Å². The van der Waals surface area contributed by atoms with Crippen LogP contribution in [0.15, 0.2) is 24.3 Å². The average molecular weight is 253 g/mol. The van der Waals surface area contributed by atoms with E-state index in [1.807, 2.05) is 18.2 Å². The van der Waals surface area contributed by atoms with Crippen molar-refractivity contribution in [1.82, 2.24) is 4.98 Å². The predicted octanol–water partition coefficient (Wildman–Crippen LogP) is 3.20. The van der Waals surface area contributed by atoms with Crippen molar-refractivity contribution in [1.29, 1.82) is 0 Å². The number of ether oxygens (including phenoxy) is 1. The molecule has 0 aliphatic heterocycles. The molecule has 1 heterocycles. The normalized spacial score (nSPS) is 10.0. The van der Waals surface area contributed by atoms with Crippen LogP contribution in [0.2, 0.25) is 0 Å². The first-order valence-corrected chi connectivity index (χ1v) is 5.47. The molecule has 2 rings (SSSR count). The molecule has 1 aromatic heterocycles. The van der Waals surface area contributed by atoms with Crippen molar-refractivity contribution >= 4 is 29.1 Å². The number of hydrogen-bond donors (Lipinski definition) is 1. The molecule has 0 aliphatic carbocycles. The molecule has 0 spiro atoms. The molecule has 0 atom stereocenters. The number of pyridine rings is 1. The van der Waals surface area contributed by atoms with Crippen molar-refractivity contribution in [2.45, 2.75) is 19.8 Å². The smallest absolute Gasteiger partial charge is 0.127 e. The van der Waals surface area contributed by atoms with E-state index in [1.165, 1.54) is 0 Å². The predicted molar refractivity (Wildman–Crippen MR) is 74.0 cm³/mol. The van der Waals surface area contributed by atoms with Crippen LogP contribution in [0, 0.1) is 0 Å². The van der Waals surface area contributed by atoms with Gasteiger partial charge in [-0.2, -0.15) is 0 Å². The number of aryl methyl sites for hydroxylation is 1. The Kier molecular flexibility index (Phi) is 4.58. The van der Waals surface area contributed by atoms with Gasteiger partial charge in [-0.1, -0.05) is 13.3 Å². The van der Waals surface area contributed by atoms with Gasteiger partial charge in [-0.05, 0) is 36.2 Å². The Morgan fingerprint density at radius 3 is 2.71 bits per heavy atom. The molecule has 4 heteroatoms. The van der Waals surface area contributed by atoms with Gasteiger partial charge in [0.15, 0.2) is 0 Å². The van der Waals surface area contributed by atoms with Gasteiger partial charge in [0.1, 0.15) is 11.6 Å². The van der Waals surface area contributed by atoms with Gasteiger partial charge in [-0.15, -0.1) is 12.4 Å². The third-order valence-corrected chi connectivity index (χ3v) is 2.65. The van der Waals surface area contributed by atoms with E-state index in [9.17, 15) is 0 Å². The van der Waals surface area contributed by atoms with E-state index in [1.54, 1.807) is 7.11 Å². The van der Waals surface area contributed by atoms with E-state index in [4.69, 9.17) is 10.5 Å². The Bertz CT molecular complexity index is 514. The van der Waals surface area contributed by atoms with Crippen molar-refractivity contribution in [3.8, 4) is 5.75 Å². The lowest BCUT2D eigenvalue weighted by Crippen LogP contribution is -1.98. The highest BCUT2D eigenvalue weighted by Crippen LogP contribution is 2.23. The largest absolute Gasteiger partial charge is 0.497 e. The number of rotatable bonds is 3. The second kappa shape index (κ2) is 5.73. The summed E-state index contributed by atoms with van der Waals surface area (Å²) in [6.07, 6.45) is 2.04. The van der Waals surface area contributed by atoms with Crippen LogP contribution in [-0.2, 0) is 6.42 Å². The second-order valence-corrected chi connectivity index (χ2v) is 3.84. The molecule has 0 saturated heterocycles. The summed E-state index contributed by atoms with van der Waals surface area (Å²) in [5.74, 6) is 1.49.